The number of carbonyl (C=O) groups excluding carboxylic acids is 3. The van der Waals surface area contributed by atoms with Crippen LogP contribution in [0.2, 0.25) is 0 Å². The van der Waals surface area contributed by atoms with Crippen molar-refractivity contribution in [3.8, 4) is 11.4 Å². The predicted octanol–water partition coefficient (Wildman–Crippen LogP) is 7.59. The monoisotopic (exact) mass is 951 g/mol. The van der Waals surface area contributed by atoms with E-state index < -0.39 is 31.9 Å². The SMILES string of the molecule is Cc1cc(CC(=O)NS(=O)(=O)c2ccc(Sc3ccc(C(=O)N(C)C)cc3)s2)n(-c2ccccc2)n1.Cc1cc(CC(=O)NS(=O)(=O)c2csc3ccccc23)n(-c2ccccc2)n1. The maximum absolute atomic E-state index is 12.8. The van der Waals surface area contributed by atoms with Crippen molar-refractivity contribution in [2.75, 3.05) is 14.1 Å². The number of para-hydroxylation sites is 2. The van der Waals surface area contributed by atoms with Crippen LogP contribution in [0.3, 0.4) is 0 Å². The number of fused-ring (bicyclic) bond motifs is 1. The number of hydrogen-bond acceptors (Lipinski definition) is 12. The van der Waals surface area contributed by atoms with Gasteiger partial charge < -0.3 is 4.90 Å². The van der Waals surface area contributed by atoms with Gasteiger partial charge in [0.15, 0.2) is 0 Å². The number of rotatable bonds is 13. The molecule has 0 spiro atoms. The highest BCUT2D eigenvalue weighted by Crippen LogP contribution is 2.35. The van der Waals surface area contributed by atoms with Crippen LogP contribution in [0.1, 0.15) is 33.1 Å². The Kier molecular flexibility index (Phi) is 14.0. The van der Waals surface area contributed by atoms with E-state index in [2.05, 4.69) is 19.6 Å². The highest BCUT2D eigenvalue weighted by Gasteiger charge is 2.24. The summed E-state index contributed by atoms with van der Waals surface area (Å²) in [6, 6.07) is 39.8. The molecular weight excluding hydrogens is 911 g/mol. The Balaban J connectivity index is 0.000000197. The first-order chi connectivity index (χ1) is 30.6. The van der Waals surface area contributed by atoms with Gasteiger partial charge in [0, 0.05) is 40.0 Å². The topological polar surface area (TPSA) is 182 Å². The Hall–Kier alpha value is -6.38. The molecule has 0 fully saturated rings. The van der Waals surface area contributed by atoms with Crippen molar-refractivity contribution in [1.29, 1.82) is 0 Å². The lowest BCUT2D eigenvalue weighted by atomic mass is 10.2. The second-order valence-electron chi connectivity index (χ2n) is 14.5. The predicted molar refractivity (Wildman–Crippen MR) is 249 cm³/mol. The molecule has 328 valence electrons. The summed E-state index contributed by atoms with van der Waals surface area (Å²) in [5, 5.41) is 11.0. The second kappa shape index (κ2) is 19.6. The van der Waals surface area contributed by atoms with E-state index in [1.807, 2.05) is 98.8 Å². The summed E-state index contributed by atoms with van der Waals surface area (Å²) in [5.41, 5.74) is 4.85. The lowest BCUT2D eigenvalue weighted by Crippen LogP contribution is -2.32. The zero-order valence-corrected chi connectivity index (χ0v) is 38.9. The van der Waals surface area contributed by atoms with E-state index >= 15 is 0 Å². The van der Waals surface area contributed by atoms with Gasteiger partial charge in [-0.15, -0.1) is 22.7 Å². The molecule has 0 aliphatic heterocycles. The van der Waals surface area contributed by atoms with Crippen molar-refractivity contribution >= 4 is 82.3 Å². The van der Waals surface area contributed by atoms with Crippen molar-refractivity contribution in [1.82, 2.24) is 33.9 Å². The van der Waals surface area contributed by atoms with Gasteiger partial charge in [0.05, 0.1) is 51.2 Å². The molecule has 8 rings (SSSR count). The summed E-state index contributed by atoms with van der Waals surface area (Å²) < 4.78 is 60.4. The van der Waals surface area contributed by atoms with Gasteiger partial charge >= 0.3 is 0 Å². The average Bonchev–Trinajstić information content (AvgIpc) is 4.08. The molecule has 4 aromatic carbocycles. The number of nitrogens with zero attached hydrogens (tertiary/aromatic N) is 5. The Bertz CT molecular complexity index is 3180. The molecule has 3 amide bonds. The highest BCUT2D eigenvalue weighted by molar-refractivity contribution is 8.01. The molecule has 0 saturated carbocycles. The van der Waals surface area contributed by atoms with Gasteiger partial charge in [-0.1, -0.05) is 66.4 Å². The van der Waals surface area contributed by atoms with Crippen molar-refractivity contribution < 1.29 is 31.2 Å². The number of thiophene rings is 2. The number of nitrogens with one attached hydrogen (secondary N) is 2. The molecule has 14 nitrogen and oxygen atoms in total. The van der Waals surface area contributed by atoms with Gasteiger partial charge in [0.25, 0.3) is 26.0 Å². The van der Waals surface area contributed by atoms with E-state index in [0.717, 1.165) is 47.9 Å². The average molecular weight is 952 g/mol. The van der Waals surface area contributed by atoms with E-state index in [4.69, 9.17) is 0 Å². The first-order valence-corrected chi connectivity index (χ1v) is 24.9. The van der Waals surface area contributed by atoms with Crippen LogP contribution in [-0.2, 0) is 42.5 Å². The van der Waals surface area contributed by atoms with Crippen LogP contribution in [0.4, 0.5) is 0 Å². The summed E-state index contributed by atoms with van der Waals surface area (Å²) in [7, 11) is -4.59. The van der Waals surface area contributed by atoms with Gasteiger partial charge in [0.2, 0.25) is 11.8 Å². The molecule has 0 aliphatic rings. The molecule has 0 bridgehead atoms. The largest absolute Gasteiger partial charge is 0.345 e. The van der Waals surface area contributed by atoms with Crippen molar-refractivity contribution in [2.24, 2.45) is 0 Å². The fourth-order valence-corrected chi connectivity index (χ4v) is 12.5. The minimum absolute atomic E-state index is 0.0468. The third-order valence-electron chi connectivity index (χ3n) is 9.27. The van der Waals surface area contributed by atoms with E-state index in [0.29, 0.717) is 22.3 Å². The molecule has 4 heterocycles. The Labute approximate surface area is 382 Å². The van der Waals surface area contributed by atoms with Crippen LogP contribution in [0.15, 0.2) is 157 Å². The number of amides is 3. The molecule has 19 heteroatoms. The van der Waals surface area contributed by atoms with Crippen LogP contribution >= 0.6 is 34.4 Å². The quantitative estimate of drug-likeness (QED) is 0.117. The third-order valence-corrected chi connectivity index (χ3v) is 15.9. The van der Waals surface area contributed by atoms with E-state index in [1.165, 1.54) is 34.1 Å². The standard InChI is InChI=1S/C25H24N4O4S3.C20H17N3O3S2/c1-17-15-20(29(26-17)19-7-5-4-6-8-19)16-22(30)27-36(32,33)24-14-13-23(35-24)34-21-11-9-18(10-12-21)25(31)28(2)3;1-14-11-16(23(21-14)15-7-3-2-4-8-15)12-20(24)22-28(25,26)19-13-27-18-10-6-5-9-17(18)19/h4-15H,16H2,1-3H3,(H,27,30);2-11,13H,12H2,1H3,(H,22,24). The van der Waals surface area contributed by atoms with Gasteiger partial charge in [-0.2, -0.15) is 10.2 Å². The molecule has 0 radical (unpaired) electrons. The number of benzene rings is 4. The molecule has 8 aromatic rings. The normalized spacial score (nSPS) is 11.4. The molecule has 0 saturated heterocycles. The lowest BCUT2D eigenvalue weighted by molar-refractivity contribution is -0.119. The zero-order valence-electron chi connectivity index (χ0n) is 34.8. The van der Waals surface area contributed by atoms with Gasteiger partial charge in [-0.25, -0.2) is 35.6 Å². The number of aryl methyl sites for hydroxylation is 2. The summed E-state index contributed by atoms with van der Waals surface area (Å²) in [6.07, 6.45) is -0.239. The van der Waals surface area contributed by atoms with Crippen LogP contribution in [0.25, 0.3) is 21.5 Å². The summed E-state index contributed by atoms with van der Waals surface area (Å²) in [6.45, 7) is 3.64. The lowest BCUT2D eigenvalue weighted by Gasteiger charge is -2.10. The van der Waals surface area contributed by atoms with Crippen LogP contribution < -0.4 is 9.44 Å². The maximum Gasteiger partial charge on any atom is 0.273 e. The zero-order chi connectivity index (χ0) is 45.6. The van der Waals surface area contributed by atoms with E-state index in [-0.39, 0.29) is 27.9 Å². The van der Waals surface area contributed by atoms with Crippen molar-refractivity contribution in [3.63, 3.8) is 0 Å². The molecule has 4 aromatic heterocycles. The fourth-order valence-electron chi connectivity index (χ4n) is 6.45. The molecule has 0 unspecified atom stereocenters. The summed E-state index contributed by atoms with van der Waals surface area (Å²) in [5.74, 6) is -1.34. The number of carbonyl (C=O) groups is 3. The van der Waals surface area contributed by atoms with E-state index in [9.17, 15) is 31.2 Å². The second-order valence-corrected chi connectivity index (χ2v) is 21.4. The smallest absolute Gasteiger partial charge is 0.273 e. The van der Waals surface area contributed by atoms with E-state index in [1.54, 1.807) is 71.3 Å². The molecule has 0 atom stereocenters. The Morgan fingerprint density at radius 2 is 1.17 bits per heavy atom. The highest BCUT2D eigenvalue weighted by atomic mass is 32.3. The molecule has 0 aliphatic carbocycles. The summed E-state index contributed by atoms with van der Waals surface area (Å²) >= 11 is 3.78. The van der Waals surface area contributed by atoms with Crippen molar-refractivity contribution in [2.45, 2.75) is 44.9 Å². The fraction of sp³-hybridized carbons (Fsp3) is 0.133. The Morgan fingerprint density at radius 1 is 0.656 bits per heavy atom. The van der Waals surface area contributed by atoms with Crippen LogP contribution in [0.5, 0.6) is 0 Å². The minimum atomic E-state index is -4.02. The molecule has 64 heavy (non-hydrogen) atoms. The van der Waals surface area contributed by atoms with Crippen LogP contribution in [0, 0.1) is 13.8 Å². The van der Waals surface area contributed by atoms with Gasteiger partial charge in [-0.3, -0.25) is 14.4 Å². The number of hydrogen-bond donors (Lipinski definition) is 2. The summed E-state index contributed by atoms with van der Waals surface area (Å²) in [4.78, 5) is 39.7. The van der Waals surface area contributed by atoms with Gasteiger partial charge in [-0.05, 0) is 92.7 Å². The molecular formula is C45H41N7O7S5. The van der Waals surface area contributed by atoms with Gasteiger partial charge in [0.1, 0.15) is 9.10 Å². The van der Waals surface area contributed by atoms with Crippen LogP contribution in [-0.4, -0.2) is 73.1 Å². The first-order valence-electron chi connectivity index (χ1n) is 19.4. The number of sulfonamides is 2. The minimum Gasteiger partial charge on any atom is -0.345 e. The third kappa shape index (κ3) is 11.0. The van der Waals surface area contributed by atoms with Crippen molar-refractivity contribution in [3.05, 3.63) is 167 Å². The Morgan fingerprint density at radius 3 is 1.72 bits per heavy atom. The maximum atomic E-state index is 12.8. The molecule has 2 N–H and O–H groups in total. The first kappa shape index (κ1) is 45.6. The number of aromatic nitrogens is 4.